The molecule has 6 nitrogen and oxygen atoms in total. The molecule has 0 heterocycles. The van der Waals surface area contributed by atoms with E-state index in [0.29, 0.717) is 6.42 Å². The van der Waals surface area contributed by atoms with Crippen molar-refractivity contribution in [3.8, 4) is 23.7 Å². The second-order valence-corrected chi connectivity index (χ2v) is 5.90. The highest BCUT2D eigenvalue weighted by atomic mass is 16.5. The van der Waals surface area contributed by atoms with Gasteiger partial charge in [-0.05, 0) is 49.5 Å². The van der Waals surface area contributed by atoms with Gasteiger partial charge in [0, 0.05) is 13.3 Å². The van der Waals surface area contributed by atoms with Crippen LogP contribution in [0.25, 0.3) is 0 Å². The van der Waals surface area contributed by atoms with Gasteiger partial charge in [-0.25, -0.2) is 0 Å². The largest absolute Gasteiger partial charge is 0.463 e. The molecule has 0 unspecified atom stereocenters. The minimum Gasteiger partial charge on any atom is -0.463 e. The van der Waals surface area contributed by atoms with Crippen LogP contribution in [0.15, 0.2) is 36.1 Å². The van der Waals surface area contributed by atoms with Gasteiger partial charge in [0.1, 0.15) is 12.7 Å². The number of carbonyl (C=O) groups excluding carboxylic acids is 2. The number of hydrogen-bond acceptors (Lipinski definition) is 6. The first-order valence-corrected chi connectivity index (χ1v) is 9.61. The normalized spacial score (nSPS) is 12.1. The summed E-state index contributed by atoms with van der Waals surface area (Å²) in [5.74, 6) is 9.86. The summed E-state index contributed by atoms with van der Waals surface area (Å²) < 4.78 is 9.79. The highest BCUT2D eigenvalue weighted by Gasteiger charge is 2.06. The second kappa shape index (κ2) is 18.6. The lowest BCUT2D eigenvalue weighted by atomic mass is 10.2. The molecule has 29 heavy (non-hydrogen) atoms. The van der Waals surface area contributed by atoms with E-state index in [9.17, 15) is 9.59 Å². The Labute approximate surface area is 173 Å². The summed E-state index contributed by atoms with van der Waals surface area (Å²) in [5.41, 5.74) is 0. The van der Waals surface area contributed by atoms with E-state index in [2.05, 4.69) is 54.9 Å². The van der Waals surface area contributed by atoms with E-state index in [0.717, 1.165) is 19.3 Å². The van der Waals surface area contributed by atoms with Crippen molar-refractivity contribution in [2.75, 3.05) is 13.2 Å². The summed E-state index contributed by atoms with van der Waals surface area (Å²) in [4.78, 5) is 22.5. The Morgan fingerprint density at radius 3 is 2.55 bits per heavy atom. The first-order chi connectivity index (χ1) is 14.0. The lowest BCUT2D eigenvalue weighted by Crippen LogP contribution is -2.21. The van der Waals surface area contributed by atoms with Gasteiger partial charge in [0.2, 0.25) is 0 Å². The molecule has 0 saturated carbocycles. The zero-order valence-corrected chi connectivity index (χ0v) is 17.1. The summed E-state index contributed by atoms with van der Waals surface area (Å²) >= 11 is 0. The number of aliphatic hydroxyl groups is 2. The molecule has 0 aromatic rings. The van der Waals surface area contributed by atoms with Crippen molar-refractivity contribution < 1.29 is 29.3 Å². The fourth-order valence-electron chi connectivity index (χ4n) is 1.82. The number of unbranched alkanes of at least 4 members (excludes halogenated alkanes) is 1. The van der Waals surface area contributed by atoms with Gasteiger partial charge in [-0.2, -0.15) is 0 Å². The van der Waals surface area contributed by atoms with Crippen LogP contribution in [0, 0.1) is 23.7 Å². The van der Waals surface area contributed by atoms with Crippen LogP contribution in [-0.2, 0) is 19.1 Å². The summed E-state index contributed by atoms with van der Waals surface area (Å²) in [7, 11) is 0. The van der Waals surface area contributed by atoms with Crippen molar-refractivity contribution in [3.05, 3.63) is 36.1 Å². The third-order valence-corrected chi connectivity index (χ3v) is 3.20. The van der Waals surface area contributed by atoms with E-state index in [4.69, 9.17) is 19.7 Å². The van der Waals surface area contributed by atoms with Crippen LogP contribution in [0.2, 0.25) is 0 Å². The van der Waals surface area contributed by atoms with Crippen molar-refractivity contribution in [1.29, 1.82) is 0 Å². The predicted octanol–water partition coefficient (Wildman–Crippen LogP) is 2.81. The molecule has 1 atom stereocenters. The molecule has 0 aromatic heterocycles. The predicted molar refractivity (Wildman–Crippen MR) is 111 cm³/mol. The molecule has 0 aromatic carbocycles. The second-order valence-electron chi connectivity index (χ2n) is 5.90. The fourth-order valence-corrected chi connectivity index (χ4v) is 1.82. The van der Waals surface area contributed by atoms with Crippen LogP contribution >= 0.6 is 0 Å². The summed E-state index contributed by atoms with van der Waals surface area (Å²) in [6.45, 7) is 2.69. The Morgan fingerprint density at radius 2 is 1.86 bits per heavy atom. The molecule has 0 saturated heterocycles. The van der Waals surface area contributed by atoms with E-state index in [1.165, 1.54) is 6.92 Å². The molecular formula is C23H30O6. The van der Waals surface area contributed by atoms with Crippen LogP contribution in [-0.4, -0.2) is 41.5 Å². The molecular weight excluding hydrogens is 372 g/mol. The molecule has 0 radical (unpaired) electrons. The topological polar surface area (TPSA) is 93.1 Å². The smallest absolute Gasteiger partial charge is 0.308 e. The maximum absolute atomic E-state index is 11.4. The third kappa shape index (κ3) is 18.3. The van der Waals surface area contributed by atoms with Gasteiger partial charge in [0.05, 0.1) is 13.0 Å². The Kier molecular flexibility index (Phi) is 16.8. The molecule has 0 aliphatic carbocycles. The zero-order chi connectivity index (χ0) is 21.7. The van der Waals surface area contributed by atoms with Crippen LogP contribution in [0.5, 0.6) is 0 Å². The maximum Gasteiger partial charge on any atom is 0.308 e. The van der Waals surface area contributed by atoms with Gasteiger partial charge in [0.15, 0.2) is 5.76 Å². The average molecular weight is 402 g/mol. The van der Waals surface area contributed by atoms with E-state index in [1.807, 2.05) is 0 Å². The van der Waals surface area contributed by atoms with E-state index in [1.54, 1.807) is 6.08 Å². The van der Waals surface area contributed by atoms with E-state index >= 15 is 0 Å². The quantitative estimate of drug-likeness (QED) is 0.171. The maximum atomic E-state index is 11.4. The molecule has 0 aliphatic rings. The average Bonchev–Trinajstić information content (AvgIpc) is 2.69. The van der Waals surface area contributed by atoms with Gasteiger partial charge in [-0.3, -0.25) is 9.59 Å². The fraction of sp³-hybridized carbons (Fsp3) is 0.478. The first-order valence-electron chi connectivity index (χ1n) is 9.61. The molecule has 0 amide bonds. The minimum absolute atomic E-state index is 0.0548. The number of hydrogen-bond donors (Lipinski definition) is 2. The zero-order valence-electron chi connectivity index (χ0n) is 17.1. The van der Waals surface area contributed by atoms with Crippen molar-refractivity contribution in [1.82, 2.24) is 0 Å². The Bertz CT molecular complexity index is 694. The van der Waals surface area contributed by atoms with Crippen molar-refractivity contribution in [3.63, 3.8) is 0 Å². The number of carbonyl (C=O) groups is 2. The summed E-state index contributed by atoms with van der Waals surface area (Å²) in [6.07, 6.45) is 12.8. The van der Waals surface area contributed by atoms with Crippen LogP contribution in [0.1, 0.15) is 52.4 Å². The van der Waals surface area contributed by atoms with E-state index < -0.39 is 24.6 Å². The molecule has 0 aliphatic heterocycles. The number of rotatable bonds is 12. The number of allylic oxidation sites excluding steroid dienone is 6. The van der Waals surface area contributed by atoms with Gasteiger partial charge in [0.25, 0.3) is 0 Å². The summed E-state index contributed by atoms with van der Waals surface area (Å²) in [5, 5.41) is 17.7. The highest BCUT2D eigenvalue weighted by molar-refractivity contribution is 5.69. The molecule has 0 bridgehead atoms. The molecule has 158 valence electrons. The van der Waals surface area contributed by atoms with Crippen LogP contribution < -0.4 is 0 Å². The third-order valence-electron chi connectivity index (χ3n) is 3.20. The molecule has 6 heteroatoms. The first kappa shape index (κ1) is 26.2. The molecule has 0 spiro atoms. The molecule has 2 N–H and O–H groups in total. The monoisotopic (exact) mass is 402 g/mol. The van der Waals surface area contributed by atoms with Crippen molar-refractivity contribution in [2.45, 2.75) is 58.5 Å². The molecule has 0 fully saturated rings. The Hall–Kier alpha value is -2.80. The van der Waals surface area contributed by atoms with Gasteiger partial charge < -0.3 is 19.7 Å². The lowest BCUT2D eigenvalue weighted by Gasteiger charge is -2.07. The van der Waals surface area contributed by atoms with Gasteiger partial charge >= 0.3 is 11.9 Å². The standard InChI is InChI=1S/C23H30O6/c1-3-4-5-6-7-8-9-12-15-22(29-20(2)25)16-13-10-11-14-17-23(27)28-19-21(26)18-24/h4-5,7-8,15,21,24,26H,3,6,9,12,14,17-19H2,1-2H3/b5-4-,8-7-,22-15-/t21-/m0/s1. The van der Waals surface area contributed by atoms with Crippen LogP contribution in [0.4, 0.5) is 0 Å². The highest BCUT2D eigenvalue weighted by Crippen LogP contribution is 2.03. The lowest BCUT2D eigenvalue weighted by molar-refractivity contribution is -0.147. The number of aliphatic hydroxyl groups excluding tert-OH is 2. The van der Waals surface area contributed by atoms with Crippen molar-refractivity contribution in [2.24, 2.45) is 0 Å². The number of esters is 2. The SMILES string of the molecule is CC/C=C\C/C=C\CC/C=C(/C#CC#CCCC(=O)OC[C@@H](O)CO)OC(C)=O. The Balaban J connectivity index is 4.40. The van der Waals surface area contributed by atoms with E-state index in [-0.39, 0.29) is 25.2 Å². The Morgan fingerprint density at radius 1 is 1.10 bits per heavy atom. The minimum atomic E-state index is -1.07. The van der Waals surface area contributed by atoms with Crippen LogP contribution in [0.3, 0.4) is 0 Å². The van der Waals surface area contributed by atoms with Gasteiger partial charge in [-0.1, -0.05) is 37.1 Å². The number of ether oxygens (including phenoxy) is 2. The summed E-state index contributed by atoms with van der Waals surface area (Å²) in [6, 6.07) is 0. The molecule has 0 rings (SSSR count). The van der Waals surface area contributed by atoms with Crippen molar-refractivity contribution >= 4 is 11.9 Å². The van der Waals surface area contributed by atoms with Gasteiger partial charge in [-0.15, -0.1) is 0 Å².